The molecule has 3 aromatic rings. The van der Waals surface area contributed by atoms with Crippen LogP contribution in [0.1, 0.15) is 23.6 Å². The first-order valence-electron chi connectivity index (χ1n) is 12.3. The molecule has 0 unspecified atom stereocenters. The van der Waals surface area contributed by atoms with Gasteiger partial charge in [-0.2, -0.15) is 0 Å². The van der Waals surface area contributed by atoms with Crippen molar-refractivity contribution in [2.75, 3.05) is 20.3 Å². The SMILES string of the molecule is COc1ccc(CO[C@H]2[C@@H]3OC[C@](COCc4ccccc4)([C@@H]2C)[C@H]3OCc2ccccc2)cc1. The predicted octanol–water partition coefficient (Wildman–Crippen LogP) is 5.42. The first-order chi connectivity index (χ1) is 17.2. The number of benzene rings is 3. The summed E-state index contributed by atoms with van der Waals surface area (Å²) in [5.74, 6) is 1.07. The second-order valence-electron chi connectivity index (χ2n) is 9.62. The van der Waals surface area contributed by atoms with Crippen molar-refractivity contribution >= 4 is 0 Å². The van der Waals surface area contributed by atoms with E-state index in [2.05, 4.69) is 31.2 Å². The largest absolute Gasteiger partial charge is 0.497 e. The van der Waals surface area contributed by atoms with Gasteiger partial charge in [0.2, 0.25) is 0 Å². The first-order valence-corrected chi connectivity index (χ1v) is 12.3. The fourth-order valence-corrected chi connectivity index (χ4v) is 5.38. The van der Waals surface area contributed by atoms with Crippen molar-refractivity contribution < 1.29 is 23.7 Å². The lowest BCUT2D eigenvalue weighted by Crippen LogP contribution is -2.43. The summed E-state index contributed by atoms with van der Waals surface area (Å²) in [6.07, 6.45) is -0.270. The summed E-state index contributed by atoms with van der Waals surface area (Å²) in [6, 6.07) is 28.6. The van der Waals surface area contributed by atoms with Crippen molar-refractivity contribution in [2.24, 2.45) is 11.3 Å². The molecule has 5 heteroatoms. The van der Waals surface area contributed by atoms with Gasteiger partial charge in [0.1, 0.15) is 11.9 Å². The molecule has 2 bridgehead atoms. The van der Waals surface area contributed by atoms with Gasteiger partial charge >= 0.3 is 0 Å². The Hall–Kier alpha value is -2.70. The average molecular weight is 475 g/mol. The molecule has 0 aromatic heterocycles. The van der Waals surface area contributed by atoms with E-state index in [1.807, 2.05) is 60.7 Å². The molecular weight excluding hydrogens is 440 g/mol. The molecule has 2 fully saturated rings. The third kappa shape index (κ3) is 5.14. The van der Waals surface area contributed by atoms with Gasteiger partial charge in [-0.3, -0.25) is 0 Å². The number of ether oxygens (including phenoxy) is 5. The van der Waals surface area contributed by atoms with Gasteiger partial charge < -0.3 is 23.7 Å². The number of hydrogen-bond donors (Lipinski definition) is 0. The minimum atomic E-state index is -0.251. The van der Waals surface area contributed by atoms with E-state index in [1.165, 1.54) is 5.56 Å². The summed E-state index contributed by atoms with van der Waals surface area (Å²) in [6.45, 7) is 5.08. The smallest absolute Gasteiger partial charge is 0.118 e. The molecule has 1 aliphatic heterocycles. The standard InChI is InChI=1S/C30H34O5/c1-22-27(33-18-25-13-15-26(31-2)16-14-25)28-29(34-19-24-11-7-4-8-12-24)30(22,21-35-28)20-32-17-23-9-5-3-6-10-23/h3-16,22,27-29H,17-21H2,1-2H3/t22-,27-,28+,29+,30-/m1/s1. The zero-order chi connectivity index (χ0) is 24.1. The van der Waals surface area contributed by atoms with Gasteiger partial charge in [0.15, 0.2) is 0 Å². The molecular formula is C30H34O5. The highest BCUT2D eigenvalue weighted by Gasteiger charge is 2.65. The van der Waals surface area contributed by atoms with Gasteiger partial charge in [0, 0.05) is 0 Å². The van der Waals surface area contributed by atoms with Crippen LogP contribution in [0.3, 0.4) is 0 Å². The Morgan fingerprint density at radius 3 is 2.03 bits per heavy atom. The lowest BCUT2D eigenvalue weighted by molar-refractivity contribution is -0.128. The van der Waals surface area contributed by atoms with E-state index in [-0.39, 0.29) is 29.6 Å². The van der Waals surface area contributed by atoms with Gasteiger partial charge in [0.25, 0.3) is 0 Å². The van der Waals surface area contributed by atoms with Crippen LogP contribution in [0.4, 0.5) is 0 Å². The van der Waals surface area contributed by atoms with Crippen molar-refractivity contribution in [1.82, 2.24) is 0 Å². The van der Waals surface area contributed by atoms with Crippen molar-refractivity contribution in [3.63, 3.8) is 0 Å². The Balaban J connectivity index is 1.29. The van der Waals surface area contributed by atoms with Gasteiger partial charge in [0.05, 0.1) is 57.8 Å². The molecule has 2 aliphatic rings. The Kier molecular flexibility index (Phi) is 7.49. The molecule has 5 nitrogen and oxygen atoms in total. The Labute approximate surface area is 207 Å². The molecule has 1 heterocycles. The molecule has 0 spiro atoms. The molecule has 184 valence electrons. The van der Waals surface area contributed by atoms with Crippen molar-refractivity contribution in [3.8, 4) is 5.75 Å². The first kappa shape index (κ1) is 24.0. The van der Waals surface area contributed by atoms with E-state index >= 15 is 0 Å². The van der Waals surface area contributed by atoms with Crippen LogP contribution < -0.4 is 4.74 Å². The minimum absolute atomic E-state index is 0.0630. The molecule has 3 aromatic carbocycles. The number of fused-ring (bicyclic) bond motifs is 2. The molecule has 5 atom stereocenters. The molecule has 5 rings (SSSR count). The highest BCUT2D eigenvalue weighted by atomic mass is 16.6. The van der Waals surface area contributed by atoms with Crippen LogP contribution in [0.15, 0.2) is 84.9 Å². The van der Waals surface area contributed by atoms with Crippen molar-refractivity contribution in [2.45, 2.75) is 45.1 Å². The molecule has 0 radical (unpaired) electrons. The molecule has 0 N–H and O–H groups in total. The maximum Gasteiger partial charge on any atom is 0.118 e. The van der Waals surface area contributed by atoms with Gasteiger partial charge in [-0.05, 0) is 34.7 Å². The Bertz CT molecular complexity index is 1060. The van der Waals surface area contributed by atoms with Crippen molar-refractivity contribution in [1.29, 1.82) is 0 Å². The van der Waals surface area contributed by atoms with E-state index in [0.29, 0.717) is 33.0 Å². The molecule has 1 saturated heterocycles. The second kappa shape index (κ2) is 10.9. The highest BCUT2D eigenvalue weighted by Crippen LogP contribution is 2.53. The Morgan fingerprint density at radius 2 is 1.37 bits per heavy atom. The average Bonchev–Trinajstić information content (AvgIpc) is 3.37. The van der Waals surface area contributed by atoms with Crippen LogP contribution in [0.25, 0.3) is 0 Å². The van der Waals surface area contributed by atoms with E-state index < -0.39 is 0 Å². The monoisotopic (exact) mass is 474 g/mol. The summed E-state index contributed by atoms with van der Waals surface area (Å²) in [4.78, 5) is 0. The van der Waals surface area contributed by atoms with Crippen LogP contribution in [0.5, 0.6) is 5.75 Å². The lowest BCUT2D eigenvalue weighted by atomic mass is 9.78. The maximum atomic E-state index is 6.56. The third-order valence-corrected chi connectivity index (χ3v) is 7.49. The normalized spacial score (nSPS) is 27.3. The second-order valence-corrected chi connectivity index (χ2v) is 9.62. The topological polar surface area (TPSA) is 46.2 Å². The van der Waals surface area contributed by atoms with Crippen LogP contribution in [0.2, 0.25) is 0 Å². The fourth-order valence-electron chi connectivity index (χ4n) is 5.38. The third-order valence-electron chi connectivity index (χ3n) is 7.49. The number of hydrogen-bond acceptors (Lipinski definition) is 5. The summed E-state index contributed by atoms with van der Waals surface area (Å²) in [7, 11) is 1.68. The minimum Gasteiger partial charge on any atom is -0.497 e. The van der Waals surface area contributed by atoms with E-state index in [4.69, 9.17) is 23.7 Å². The van der Waals surface area contributed by atoms with Gasteiger partial charge in [-0.15, -0.1) is 0 Å². The summed E-state index contributed by atoms with van der Waals surface area (Å²) < 4.78 is 30.9. The molecule has 1 aliphatic carbocycles. The van der Waals surface area contributed by atoms with E-state index in [9.17, 15) is 0 Å². The van der Waals surface area contributed by atoms with Crippen LogP contribution in [-0.2, 0) is 38.8 Å². The fraction of sp³-hybridized carbons (Fsp3) is 0.400. The zero-order valence-electron chi connectivity index (χ0n) is 20.5. The molecule has 35 heavy (non-hydrogen) atoms. The van der Waals surface area contributed by atoms with Crippen LogP contribution >= 0.6 is 0 Å². The van der Waals surface area contributed by atoms with E-state index in [0.717, 1.165) is 16.9 Å². The van der Waals surface area contributed by atoms with Gasteiger partial charge in [-0.1, -0.05) is 79.7 Å². The molecule has 0 amide bonds. The van der Waals surface area contributed by atoms with E-state index in [1.54, 1.807) is 7.11 Å². The molecule has 1 saturated carbocycles. The van der Waals surface area contributed by atoms with Gasteiger partial charge in [-0.25, -0.2) is 0 Å². The maximum absolute atomic E-state index is 6.56. The van der Waals surface area contributed by atoms with Crippen molar-refractivity contribution in [3.05, 3.63) is 102 Å². The number of methoxy groups -OCH3 is 1. The van der Waals surface area contributed by atoms with Crippen LogP contribution in [0, 0.1) is 11.3 Å². The lowest BCUT2D eigenvalue weighted by Gasteiger charge is -2.37. The Morgan fingerprint density at radius 1 is 0.771 bits per heavy atom. The highest BCUT2D eigenvalue weighted by molar-refractivity contribution is 5.27. The summed E-state index contributed by atoms with van der Waals surface area (Å²) in [5, 5.41) is 0. The zero-order valence-corrected chi connectivity index (χ0v) is 20.5. The number of rotatable bonds is 11. The van der Waals surface area contributed by atoms with Crippen LogP contribution in [-0.4, -0.2) is 38.6 Å². The summed E-state index contributed by atoms with van der Waals surface area (Å²) in [5.41, 5.74) is 3.18. The quantitative estimate of drug-likeness (QED) is 0.372. The predicted molar refractivity (Wildman–Crippen MR) is 134 cm³/mol. The summed E-state index contributed by atoms with van der Waals surface area (Å²) >= 11 is 0.